The molecule has 0 aliphatic carbocycles. The highest BCUT2D eigenvalue weighted by atomic mass is 79.9. The van der Waals surface area contributed by atoms with Crippen molar-refractivity contribution in [2.75, 3.05) is 0 Å². The van der Waals surface area contributed by atoms with E-state index in [-0.39, 0.29) is 0 Å². The molecule has 0 aliphatic heterocycles. The van der Waals surface area contributed by atoms with Gasteiger partial charge < -0.3 is 10.2 Å². The molecule has 3 nitrogen and oxygen atoms in total. The van der Waals surface area contributed by atoms with Gasteiger partial charge in [-0.25, -0.2) is 4.79 Å². The van der Waals surface area contributed by atoms with Gasteiger partial charge in [0.2, 0.25) is 0 Å². The van der Waals surface area contributed by atoms with Crippen LogP contribution in [0, 0.1) is 6.92 Å². The lowest BCUT2D eigenvalue weighted by Crippen LogP contribution is -2.11. The highest BCUT2D eigenvalue weighted by Gasteiger charge is 2.19. The predicted octanol–water partition coefficient (Wildman–Crippen LogP) is 2.53. The third-order valence-electron chi connectivity index (χ3n) is 1.84. The van der Waals surface area contributed by atoms with Gasteiger partial charge in [0, 0.05) is 4.47 Å². The van der Waals surface area contributed by atoms with Crippen LogP contribution in [-0.2, 0) is 4.79 Å². The van der Waals surface area contributed by atoms with E-state index in [1.807, 2.05) is 0 Å². The zero-order valence-electron chi connectivity index (χ0n) is 7.29. The van der Waals surface area contributed by atoms with Gasteiger partial charge in [0.1, 0.15) is 0 Å². The summed E-state index contributed by atoms with van der Waals surface area (Å²) in [5, 5.41) is 18.3. The standard InChI is InChI=1S/C9H8BrClO3/c1-4-2-6(10)7(11)3-5(4)8(12)9(13)14/h2-3,8,12H,1H3,(H,13,14). The monoisotopic (exact) mass is 278 g/mol. The summed E-state index contributed by atoms with van der Waals surface area (Å²) in [5.74, 6) is -1.29. The van der Waals surface area contributed by atoms with E-state index in [0.29, 0.717) is 20.6 Å². The molecule has 1 atom stereocenters. The Morgan fingerprint density at radius 1 is 1.57 bits per heavy atom. The minimum atomic E-state index is -1.53. The minimum Gasteiger partial charge on any atom is -0.479 e. The molecule has 1 unspecified atom stereocenters. The predicted molar refractivity (Wildman–Crippen MR) is 56.5 cm³/mol. The Labute approximate surface area is 94.4 Å². The van der Waals surface area contributed by atoms with Crippen LogP contribution in [0.15, 0.2) is 16.6 Å². The van der Waals surface area contributed by atoms with Crippen molar-refractivity contribution >= 4 is 33.5 Å². The summed E-state index contributed by atoms with van der Waals surface area (Å²) in [5.41, 5.74) is 0.988. The Morgan fingerprint density at radius 3 is 2.64 bits per heavy atom. The maximum absolute atomic E-state index is 10.5. The highest BCUT2D eigenvalue weighted by molar-refractivity contribution is 9.10. The maximum Gasteiger partial charge on any atom is 0.337 e. The fraction of sp³-hybridized carbons (Fsp3) is 0.222. The SMILES string of the molecule is Cc1cc(Br)c(Cl)cc1C(O)C(=O)O. The van der Waals surface area contributed by atoms with E-state index < -0.39 is 12.1 Å². The van der Waals surface area contributed by atoms with Crippen LogP contribution >= 0.6 is 27.5 Å². The van der Waals surface area contributed by atoms with E-state index in [1.54, 1.807) is 13.0 Å². The topological polar surface area (TPSA) is 57.5 Å². The second kappa shape index (κ2) is 4.29. The molecule has 0 amide bonds. The van der Waals surface area contributed by atoms with Crippen molar-refractivity contribution < 1.29 is 15.0 Å². The molecule has 0 radical (unpaired) electrons. The zero-order valence-corrected chi connectivity index (χ0v) is 9.63. The first-order valence-corrected chi connectivity index (χ1v) is 4.97. The number of carbonyl (C=O) groups is 1. The van der Waals surface area contributed by atoms with E-state index >= 15 is 0 Å². The van der Waals surface area contributed by atoms with Gasteiger partial charge >= 0.3 is 5.97 Å². The number of aliphatic hydroxyl groups is 1. The Kier molecular flexibility index (Phi) is 3.53. The van der Waals surface area contributed by atoms with Gasteiger partial charge in [-0.3, -0.25) is 0 Å². The van der Waals surface area contributed by atoms with Crippen molar-refractivity contribution in [1.29, 1.82) is 0 Å². The minimum absolute atomic E-state index is 0.311. The van der Waals surface area contributed by atoms with Gasteiger partial charge in [0.15, 0.2) is 6.10 Å². The van der Waals surface area contributed by atoms with E-state index in [4.69, 9.17) is 16.7 Å². The lowest BCUT2D eigenvalue weighted by atomic mass is 10.0. The maximum atomic E-state index is 10.5. The largest absolute Gasteiger partial charge is 0.479 e. The molecule has 2 N–H and O–H groups in total. The molecule has 1 rings (SSSR count). The third kappa shape index (κ3) is 2.26. The molecule has 1 aromatic rings. The number of aliphatic carboxylic acids is 1. The number of carboxylic acid groups (broad SMARTS) is 1. The van der Waals surface area contributed by atoms with E-state index in [9.17, 15) is 9.90 Å². The summed E-state index contributed by atoms with van der Waals surface area (Å²) >= 11 is 8.99. The lowest BCUT2D eigenvalue weighted by Gasteiger charge is -2.10. The molecular weight excluding hydrogens is 271 g/mol. The van der Waals surface area contributed by atoms with Crippen LogP contribution in [-0.4, -0.2) is 16.2 Å². The molecule has 76 valence electrons. The highest BCUT2D eigenvalue weighted by Crippen LogP contribution is 2.29. The molecule has 0 heterocycles. The Balaban J connectivity index is 3.22. The number of aryl methyl sites for hydroxylation is 1. The molecule has 0 bridgehead atoms. The van der Waals surface area contributed by atoms with Crippen LogP contribution in [0.5, 0.6) is 0 Å². The van der Waals surface area contributed by atoms with Crippen molar-refractivity contribution in [3.8, 4) is 0 Å². The quantitative estimate of drug-likeness (QED) is 0.874. The molecular formula is C9H8BrClO3. The number of hydrogen-bond donors (Lipinski definition) is 2. The fourth-order valence-electron chi connectivity index (χ4n) is 1.09. The second-order valence-electron chi connectivity index (χ2n) is 2.86. The first kappa shape index (κ1) is 11.5. The van der Waals surface area contributed by atoms with Gasteiger partial charge in [0.25, 0.3) is 0 Å². The number of hydrogen-bond acceptors (Lipinski definition) is 2. The number of aliphatic hydroxyl groups excluding tert-OH is 1. The lowest BCUT2D eigenvalue weighted by molar-refractivity contribution is -0.147. The molecule has 0 spiro atoms. The summed E-state index contributed by atoms with van der Waals surface area (Å²) in [7, 11) is 0. The number of benzene rings is 1. The first-order valence-electron chi connectivity index (χ1n) is 3.80. The Morgan fingerprint density at radius 2 is 2.14 bits per heavy atom. The van der Waals surface area contributed by atoms with Crippen molar-refractivity contribution in [3.05, 3.63) is 32.8 Å². The summed E-state index contributed by atoms with van der Waals surface area (Å²) in [6.45, 7) is 1.71. The normalized spacial score (nSPS) is 12.6. The van der Waals surface area contributed by atoms with Crippen LogP contribution in [0.3, 0.4) is 0 Å². The van der Waals surface area contributed by atoms with Crippen molar-refractivity contribution in [3.63, 3.8) is 0 Å². The number of halogens is 2. The van der Waals surface area contributed by atoms with Crippen LogP contribution < -0.4 is 0 Å². The van der Waals surface area contributed by atoms with Gasteiger partial charge in [-0.15, -0.1) is 0 Å². The molecule has 0 aliphatic rings. The number of rotatable bonds is 2. The Bertz CT molecular complexity index is 379. The molecule has 0 aromatic heterocycles. The number of carboxylic acids is 1. The molecule has 1 aromatic carbocycles. The summed E-state index contributed by atoms with van der Waals surface area (Å²) in [6.07, 6.45) is -1.53. The molecule has 0 saturated carbocycles. The molecule has 5 heteroatoms. The van der Waals surface area contributed by atoms with Gasteiger partial charge in [-0.05, 0) is 46.1 Å². The van der Waals surface area contributed by atoms with Crippen molar-refractivity contribution in [2.45, 2.75) is 13.0 Å². The van der Waals surface area contributed by atoms with Crippen molar-refractivity contribution in [2.24, 2.45) is 0 Å². The average Bonchev–Trinajstić information content (AvgIpc) is 2.10. The molecule has 0 saturated heterocycles. The smallest absolute Gasteiger partial charge is 0.337 e. The molecule has 0 fully saturated rings. The zero-order chi connectivity index (χ0) is 10.9. The third-order valence-corrected chi connectivity index (χ3v) is 3.03. The van der Waals surface area contributed by atoms with Crippen LogP contribution in [0.25, 0.3) is 0 Å². The van der Waals surface area contributed by atoms with Crippen LogP contribution in [0.2, 0.25) is 5.02 Å². The fourth-order valence-corrected chi connectivity index (χ4v) is 1.72. The van der Waals surface area contributed by atoms with Gasteiger partial charge in [-0.1, -0.05) is 11.6 Å². The first-order chi connectivity index (χ1) is 6.43. The summed E-state index contributed by atoms with van der Waals surface area (Å²) in [6, 6.07) is 3.11. The Hall–Kier alpha value is -0.580. The van der Waals surface area contributed by atoms with E-state index in [2.05, 4.69) is 15.9 Å². The summed E-state index contributed by atoms with van der Waals surface area (Å²) in [4.78, 5) is 10.5. The van der Waals surface area contributed by atoms with E-state index in [0.717, 1.165) is 0 Å². The molecule has 14 heavy (non-hydrogen) atoms. The second-order valence-corrected chi connectivity index (χ2v) is 4.13. The van der Waals surface area contributed by atoms with E-state index in [1.165, 1.54) is 6.07 Å². The average molecular weight is 280 g/mol. The summed E-state index contributed by atoms with van der Waals surface area (Å²) < 4.78 is 0.679. The van der Waals surface area contributed by atoms with Crippen LogP contribution in [0.1, 0.15) is 17.2 Å². The van der Waals surface area contributed by atoms with Gasteiger partial charge in [-0.2, -0.15) is 0 Å². The van der Waals surface area contributed by atoms with Crippen LogP contribution in [0.4, 0.5) is 0 Å². The van der Waals surface area contributed by atoms with Crippen molar-refractivity contribution in [1.82, 2.24) is 0 Å². The van der Waals surface area contributed by atoms with Gasteiger partial charge in [0.05, 0.1) is 5.02 Å².